The van der Waals surface area contributed by atoms with Gasteiger partial charge in [-0.2, -0.15) is 0 Å². The van der Waals surface area contributed by atoms with Crippen LogP contribution in [-0.2, 0) is 0 Å². The van der Waals surface area contributed by atoms with Crippen LogP contribution in [0.3, 0.4) is 0 Å². The largest absolute Gasteiger partial charge is 0.366 e. The molecule has 0 aliphatic carbocycles. The minimum absolute atomic E-state index is 0.110. The number of hydrogen-bond acceptors (Lipinski definition) is 4. The third kappa shape index (κ3) is 6.27. The summed E-state index contributed by atoms with van der Waals surface area (Å²) in [5.41, 5.74) is 0.110. The maximum absolute atomic E-state index is 3.68. The van der Waals surface area contributed by atoms with Crippen LogP contribution in [0.2, 0.25) is 0 Å². The Morgan fingerprint density at radius 1 is 0.800 bits per heavy atom. The third-order valence-corrected chi connectivity index (χ3v) is 5.66. The molecule has 0 bridgehead atoms. The monoisotopic (exact) mass is 232 g/mol. The molecular formula is C10H28N4Si. The third-order valence-electron chi connectivity index (χ3n) is 1.89. The first-order valence-electron chi connectivity index (χ1n) is 5.93. The van der Waals surface area contributed by atoms with Gasteiger partial charge in [0.15, 0.2) is 0 Å². The number of rotatable bonds is 7. The van der Waals surface area contributed by atoms with Gasteiger partial charge in [-0.25, -0.2) is 0 Å². The van der Waals surface area contributed by atoms with Crippen molar-refractivity contribution in [3.63, 3.8) is 0 Å². The first kappa shape index (κ1) is 15.1. The minimum atomic E-state index is -1.93. The first-order chi connectivity index (χ1) is 6.89. The van der Waals surface area contributed by atoms with Gasteiger partial charge in [-0.05, 0) is 40.4 Å². The van der Waals surface area contributed by atoms with Gasteiger partial charge in [0.2, 0.25) is 0 Å². The van der Waals surface area contributed by atoms with E-state index in [2.05, 4.69) is 61.5 Å². The van der Waals surface area contributed by atoms with Gasteiger partial charge in [-0.1, -0.05) is 20.8 Å². The molecule has 15 heavy (non-hydrogen) atoms. The fraction of sp³-hybridized carbons (Fsp3) is 1.00. The van der Waals surface area contributed by atoms with Crippen LogP contribution in [-0.4, -0.2) is 33.9 Å². The van der Waals surface area contributed by atoms with Crippen LogP contribution < -0.4 is 19.9 Å². The molecule has 0 radical (unpaired) electrons. The van der Waals surface area contributed by atoms with Crippen molar-refractivity contribution in [2.24, 2.45) is 0 Å². The molecule has 0 heterocycles. The molecule has 0 unspecified atom stereocenters. The van der Waals surface area contributed by atoms with E-state index in [1.807, 2.05) is 0 Å². The molecule has 0 spiro atoms. The topological polar surface area (TPSA) is 48.1 Å². The quantitative estimate of drug-likeness (QED) is 0.487. The lowest BCUT2D eigenvalue weighted by Crippen LogP contribution is -2.83. The number of hydrogen-bond donors (Lipinski definition) is 4. The predicted octanol–water partition coefficient (Wildman–Crippen LogP) is 0.639. The molecule has 0 saturated carbocycles. The Bertz CT molecular complexity index is 150. The van der Waals surface area contributed by atoms with E-state index in [9.17, 15) is 0 Å². The molecule has 0 atom stereocenters. The standard InChI is InChI=1S/C10H28N4Si/c1-7-11-15(12-8-2,13-9-3)14-10(4,5)6/h11-14H,7-9H2,1-6H3. The Labute approximate surface area is 95.9 Å². The Kier molecular flexibility index (Phi) is 6.62. The zero-order valence-electron chi connectivity index (χ0n) is 11.1. The molecule has 4 N–H and O–H groups in total. The SMILES string of the molecule is CCN[Si](NCC)(NCC)NC(C)(C)C. The van der Waals surface area contributed by atoms with Gasteiger partial charge < -0.3 is 14.9 Å². The summed E-state index contributed by atoms with van der Waals surface area (Å²) in [6.45, 7) is 15.9. The van der Waals surface area contributed by atoms with Crippen LogP contribution in [0.1, 0.15) is 41.5 Å². The smallest absolute Gasteiger partial charge is 0.301 e. The predicted molar refractivity (Wildman–Crippen MR) is 69.7 cm³/mol. The van der Waals surface area contributed by atoms with Crippen LogP contribution in [0.4, 0.5) is 0 Å². The van der Waals surface area contributed by atoms with Gasteiger partial charge >= 0.3 is 8.72 Å². The minimum Gasteiger partial charge on any atom is -0.301 e. The second-order valence-electron chi connectivity index (χ2n) is 4.72. The van der Waals surface area contributed by atoms with Crippen LogP contribution >= 0.6 is 0 Å². The van der Waals surface area contributed by atoms with E-state index < -0.39 is 8.72 Å². The lowest BCUT2D eigenvalue weighted by Gasteiger charge is -2.38. The Hall–Kier alpha value is 0.0569. The first-order valence-corrected chi connectivity index (χ1v) is 7.93. The molecule has 0 aromatic rings. The summed E-state index contributed by atoms with van der Waals surface area (Å²) in [7, 11) is -1.93. The van der Waals surface area contributed by atoms with Crippen LogP contribution in [0.5, 0.6) is 0 Å². The highest BCUT2D eigenvalue weighted by molar-refractivity contribution is 6.70. The molecule has 0 rings (SSSR count). The van der Waals surface area contributed by atoms with E-state index in [1.165, 1.54) is 0 Å². The Morgan fingerprint density at radius 3 is 1.33 bits per heavy atom. The van der Waals surface area contributed by atoms with Crippen molar-refractivity contribution >= 4 is 8.72 Å². The zero-order chi connectivity index (χ0) is 11.9. The highest BCUT2D eigenvalue weighted by Gasteiger charge is 2.36. The molecule has 0 amide bonds. The van der Waals surface area contributed by atoms with Crippen LogP contribution in [0.15, 0.2) is 0 Å². The van der Waals surface area contributed by atoms with Crippen LogP contribution in [0, 0.1) is 0 Å². The Balaban J connectivity index is 4.60. The van der Waals surface area contributed by atoms with E-state index in [-0.39, 0.29) is 5.54 Å². The van der Waals surface area contributed by atoms with Crippen LogP contribution in [0.25, 0.3) is 0 Å². The number of nitrogens with one attached hydrogen (secondary N) is 4. The van der Waals surface area contributed by atoms with Gasteiger partial charge in [0.25, 0.3) is 0 Å². The normalized spacial score (nSPS) is 13.2. The van der Waals surface area contributed by atoms with Crippen molar-refractivity contribution in [1.82, 2.24) is 19.9 Å². The molecule has 4 nitrogen and oxygen atoms in total. The van der Waals surface area contributed by atoms with Crippen molar-refractivity contribution in [3.05, 3.63) is 0 Å². The molecule has 0 aliphatic rings. The fourth-order valence-corrected chi connectivity index (χ4v) is 5.03. The summed E-state index contributed by atoms with van der Waals surface area (Å²) in [5.74, 6) is 0. The average molecular weight is 232 g/mol. The highest BCUT2D eigenvalue weighted by atomic mass is 28.4. The van der Waals surface area contributed by atoms with Gasteiger partial charge in [0.05, 0.1) is 0 Å². The van der Waals surface area contributed by atoms with Crippen molar-refractivity contribution in [2.75, 3.05) is 19.6 Å². The van der Waals surface area contributed by atoms with E-state index >= 15 is 0 Å². The molecule has 0 saturated heterocycles. The molecule has 0 aromatic carbocycles. The van der Waals surface area contributed by atoms with E-state index in [4.69, 9.17) is 0 Å². The summed E-state index contributed by atoms with van der Waals surface area (Å²) in [5, 5.41) is 0. The van der Waals surface area contributed by atoms with Gasteiger partial charge in [-0.15, -0.1) is 0 Å². The molecular weight excluding hydrogens is 204 g/mol. The van der Waals surface area contributed by atoms with E-state index in [0.717, 1.165) is 19.6 Å². The fourth-order valence-electron chi connectivity index (χ4n) is 1.68. The van der Waals surface area contributed by atoms with Gasteiger partial charge in [0.1, 0.15) is 0 Å². The van der Waals surface area contributed by atoms with E-state index in [0.29, 0.717) is 0 Å². The average Bonchev–Trinajstić information content (AvgIpc) is 2.01. The summed E-state index contributed by atoms with van der Waals surface area (Å²) in [4.78, 5) is 14.4. The lowest BCUT2D eigenvalue weighted by molar-refractivity contribution is 0.484. The van der Waals surface area contributed by atoms with Gasteiger partial charge in [0, 0.05) is 5.54 Å². The summed E-state index contributed by atoms with van der Waals surface area (Å²) in [6, 6.07) is 0. The highest BCUT2D eigenvalue weighted by Crippen LogP contribution is 2.01. The van der Waals surface area contributed by atoms with Gasteiger partial charge in [-0.3, -0.25) is 4.98 Å². The molecule has 5 heteroatoms. The van der Waals surface area contributed by atoms with E-state index in [1.54, 1.807) is 0 Å². The summed E-state index contributed by atoms with van der Waals surface area (Å²) < 4.78 is 0. The van der Waals surface area contributed by atoms with Crippen molar-refractivity contribution in [1.29, 1.82) is 0 Å². The maximum Gasteiger partial charge on any atom is 0.366 e. The van der Waals surface area contributed by atoms with Crippen molar-refractivity contribution in [3.8, 4) is 0 Å². The second kappa shape index (κ2) is 6.60. The summed E-state index contributed by atoms with van der Waals surface area (Å²) in [6.07, 6.45) is 0. The summed E-state index contributed by atoms with van der Waals surface area (Å²) >= 11 is 0. The molecule has 92 valence electrons. The van der Waals surface area contributed by atoms with Crippen molar-refractivity contribution in [2.45, 2.75) is 47.1 Å². The molecule has 0 aliphatic heterocycles. The molecule has 0 fully saturated rings. The zero-order valence-corrected chi connectivity index (χ0v) is 12.1. The lowest BCUT2D eigenvalue weighted by atomic mass is 10.1. The van der Waals surface area contributed by atoms with Crippen molar-refractivity contribution < 1.29 is 0 Å². The second-order valence-corrected chi connectivity index (χ2v) is 7.53. The maximum atomic E-state index is 3.68. The molecule has 0 aromatic heterocycles. The Morgan fingerprint density at radius 2 is 1.13 bits per heavy atom.